The van der Waals surface area contributed by atoms with Crippen molar-refractivity contribution in [2.24, 2.45) is 0 Å². The highest BCUT2D eigenvalue weighted by Crippen LogP contribution is 2.30. The van der Waals surface area contributed by atoms with E-state index in [-0.39, 0.29) is 23.9 Å². The summed E-state index contributed by atoms with van der Waals surface area (Å²) in [6.07, 6.45) is 2.01. The van der Waals surface area contributed by atoms with E-state index in [9.17, 15) is 9.59 Å². The van der Waals surface area contributed by atoms with Crippen LogP contribution in [0.5, 0.6) is 0 Å². The minimum Gasteiger partial charge on any atom is -0.378 e. The zero-order valence-electron chi connectivity index (χ0n) is 17.8. The highest BCUT2D eigenvalue weighted by Gasteiger charge is 2.22. The van der Waals surface area contributed by atoms with Gasteiger partial charge in [0.15, 0.2) is 0 Å². The molecule has 1 aliphatic rings. The molecule has 0 aliphatic carbocycles. The first-order valence-corrected chi connectivity index (χ1v) is 11.2. The predicted octanol–water partition coefficient (Wildman–Crippen LogP) is 3.24. The maximum absolute atomic E-state index is 12.8. The second kappa shape index (κ2) is 9.67. The quantitative estimate of drug-likeness (QED) is 0.649. The van der Waals surface area contributed by atoms with Gasteiger partial charge in [0, 0.05) is 47.2 Å². The summed E-state index contributed by atoms with van der Waals surface area (Å²) < 4.78 is 7.34. The molecular formula is C22H31N3O3S. The molecule has 0 radical (unpaired) electrons. The summed E-state index contributed by atoms with van der Waals surface area (Å²) >= 11 is 1.55. The Morgan fingerprint density at radius 1 is 1.10 bits per heavy atom. The van der Waals surface area contributed by atoms with E-state index in [4.69, 9.17) is 4.74 Å². The number of benzene rings is 1. The first kappa shape index (κ1) is 21.7. The molecule has 1 saturated heterocycles. The summed E-state index contributed by atoms with van der Waals surface area (Å²) in [4.78, 5) is 30.3. The second-order valence-corrected chi connectivity index (χ2v) is 8.93. The lowest BCUT2D eigenvalue weighted by Gasteiger charge is -2.30. The van der Waals surface area contributed by atoms with E-state index in [0.717, 1.165) is 15.8 Å². The van der Waals surface area contributed by atoms with Crippen molar-refractivity contribution in [3.8, 4) is 0 Å². The normalized spacial score (nSPS) is 14.8. The monoisotopic (exact) mass is 417 g/mol. The maximum Gasteiger partial charge on any atom is 0.242 e. The third kappa shape index (κ3) is 5.14. The molecule has 0 spiro atoms. The predicted molar refractivity (Wildman–Crippen MR) is 117 cm³/mol. The number of fused-ring (bicyclic) bond motifs is 1. The van der Waals surface area contributed by atoms with Gasteiger partial charge in [-0.25, -0.2) is 0 Å². The standard InChI is InChI=1S/C22H31N3O3S/c1-16(2)25(17(3)4)22(27)15-29-20-13-24(19-8-6-5-7-18(19)20)14-21(26)23-9-11-28-12-10-23/h5-8,13,16-17H,9-12,14-15H2,1-4H3. The first-order chi connectivity index (χ1) is 13.9. The number of rotatable bonds is 7. The molecule has 0 saturated carbocycles. The Morgan fingerprint density at radius 2 is 1.76 bits per heavy atom. The average Bonchev–Trinajstić information content (AvgIpc) is 3.04. The van der Waals surface area contributed by atoms with Gasteiger partial charge in [-0.3, -0.25) is 9.59 Å². The number of amides is 2. The Kier molecular flexibility index (Phi) is 7.24. The van der Waals surface area contributed by atoms with Gasteiger partial charge in [-0.15, -0.1) is 11.8 Å². The summed E-state index contributed by atoms with van der Waals surface area (Å²) in [5, 5.41) is 1.08. The lowest BCUT2D eigenvalue weighted by atomic mass is 10.2. The minimum atomic E-state index is 0.104. The molecule has 2 aromatic rings. The fraction of sp³-hybridized carbons (Fsp3) is 0.545. The van der Waals surface area contributed by atoms with Crippen LogP contribution in [-0.4, -0.2) is 70.3 Å². The Balaban J connectivity index is 1.75. The van der Waals surface area contributed by atoms with Gasteiger partial charge >= 0.3 is 0 Å². The molecule has 1 aromatic carbocycles. The molecule has 0 bridgehead atoms. The van der Waals surface area contributed by atoms with Crippen molar-refractivity contribution >= 4 is 34.5 Å². The largest absolute Gasteiger partial charge is 0.378 e. The van der Waals surface area contributed by atoms with Crippen LogP contribution in [-0.2, 0) is 20.9 Å². The number of ether oxygens (including phenoxy) is 1. The van der Waals surface area contributed by atoms with Crippen LogP contribution in [0.3, 0.4) is 0 Å². The van der Waals surface area contributed by atoms with Crippen molar-refractivity contribution < 1.29 is 14.3 Å². The second-order valence-electron chi connectivity index (χ2n) is 7.91. The number of thioether (sulfide) groups is 1. The lowest BCUT2D eigenvalue weighted by Crippen LogP contribution is -2.43. The van der Waals surface area contributed by atoms with Crippen LogP contribution in [0.25, 0.3) is 10.9 Å². The minimum absolute atomic E-state index is 0.104. The van der Waals surface area contributed by atoms with Crippen LogP contribution in [0.15, 0.2) is 35.4 Å². The third-order valence-electron chi connectivity index (χ3n) is 5.17. The topological polar surface area (TPSA) is 54.8 Å². The van der Waals surface area contributed by atoms with Crippen molar-refractivity contribution in [3.63, 3.8) is 0 Å². The van der Waals surface area contributed by atoms with Crippen molar-refractivity contribution in [2.45, 2.75) is 51.2 Å². The van der Waals surface area contributed by atoms with Crippen LogP contribution < -0.4 is 0 Å². The van der Waals surface area contributed by atoms with E-state index in [1.165, 1.54) is 0 Å². The number of para-hydroxylation sites is 1. The first-order valence-electron chi connectivity index (χ1n) is 10.3. The zero-order chi connectivity index (χ0) is 21.0. The van der Waals surface area contributed by atoms with E-state index in [1.807, 2.05) is 66.5 Å². The smallest absolute Gasteiger partial charge is 0.242 e. The van der Waals surface area contributed by atoms with Crippen LogP contribution >= 0.6 is 11.8 Å². The van der Waals surface area contributed by atoms with Crippen molar-refractivity contribution in [3.05, 3.63) is 30.5 Å². The number of carbonyl (C=O) groups is 2. The molecule has 0 atom stereocenters. The fourth-order valence-electron chi connectivity index (χ4n) is 3.90. The highest BCUT2D eigenvalue weighted by molar-refractivity contribution is 8.00. The SMILES string of the molecule is CC(C)N(C(=O)CSc1cn(CC(=O)N2CCOCC2)c2ccccc12)C(C)C. The number of hydrogen-bond acceptors (Lipinski definition) is 4. The van der Waals surface area contributed by atoms with E-state index in [1.54, 1.807) is 11.8 Å². The Hall–Kier alpha value is -1.99. The molecule has 3 rings (SSSR count). The summed E-state index contributed by atoms with van der Waals surface area (Å²) in [6.45, 7) is 11.0. The number of aromatic nitrogens is 1. The molecule has 29 heavy (non-hydrogen) atoms. The molecule has 1 fully saturated rings. The Morgan fingerprint density at radius 3 is 2.41 bits per heavy atom. The number of carbonyl (C=O) groups excluding carboxylic acids is 2. The zero-order valence-corrected chi connectivity index (χ0v) is 18.6. The van der Waals surface area contributed by atoms with Gasteiger partial charge in [0.2, 0.25) is 11.8 Å². The van der Waals surface area contributed by atoms with Crippen LogP contribution in [0, 0.1) is 0 Å². The summed E-state index contributed by atoms with van der Waals surface area (Å²) in [5.41, 5.74) is 1.02. The third-order valence-corrected chi connectivity index (χ3v) is 6.20. The van der Waals surface area contributed by atoms with Crippen LogP contribution in [0.1, 0.15) is 27.7 Å². The molecule has 7 heteroatoms. The average molecular weight is 418 g/mol. The van der Waals surface area contributed by atoms with E-state index < -0.39 is 0 Å². The van der Waals surface area contributed by atoms with E-state index in [2.05, 4.69) is 6.07 Å². The Bertz CT molecular complexity index is 848. The highest BCUT2D eigenvalue weighted by atomic mass is 32.2. The molecule has 0 N–H and O–H groups in total. The molecule has 1 aromatic heterocycles. The van der Waals surface area contributed by atoms with E-state index >= 15 is 0 Å². The van der Waals surface area contributed by atoms with Crippen molar-refractivity contribution in [1.29, 1.82) is 0 Å². The molecule has 1 aliphatic heterocycles. The summed E-state index contributed by atoms with van der Waals surface area (Å²) in [7, 11) is 0. The maximum atomic E-state index is 12.8. The number of nitrogens with zero attached hydrogens (tertiary/aromatic N) is 3. The molecule has 6 nitrogen and oxygen atoms in total. The molecule has 2 amide bonds. The summed E-state index contributed by atoms with van der Waals surface area (Å²) in [5.74, 6) is 0.635. The molecule has 158 valence electrons. The van der Waals surface area contributed by atoms with Gasteiger partial charge in [0.1, 0.15) is 6.54 Å². The number of morpholine rings is 1. The van der Waals surface area contributed by atoms with Gasteiger partial charge in [0.25, 0.3) is 0 Å². The molecule has 0 unspecified atom stereocenters. The van der Waals surface area contributed by atoms with E-state index in [0.29, 0.717) is 38.6 Å². The van der Waals surface area contributed by atoms with Gasteiger partial charge in [0.05, 0.1) is 19.0 Å². The van der Waals surface area contributed by atoms with Crippen molar-refractivity contribution in [1.82, 2.24) is 14.4 Å². The van der Waals surface area contributed by atoms with Crippen molar-refractivity contribution in [2.75, 3.05) is 32.1 Å². The molecule has 2 heterocycles. The molecular weight excluding hydrogens is 386 g/mol. The summed E-state index contributed by atoms with van der Waals surface area (Å²) in [6, 6.07) is 8.42. The lowest BCUT2D eigenvalue weighted by molar-refractivity contribution is -0.136. The van der Waals surface area contributed by atoms with Gasteiger partial charge in [-0.1, -0.05) is 18.2 Å². The fourth-order valence-corrected chi connectivity index (χ4v) is 4.86. The van der Waals surface area contributed by atoms with Gasteiger partial charge < -0.3 is 19.1 Å². The van der Waals surface area contributed by atoms with Gasteiger partial charge in [-0.05, 0) is 33.8 Å². The van der Waals surface area contributed by atoms with Crippen LogP contribution in [0.2, 0.25) is 0 Å². The number of hydrogen-bond donors (Lipinski definition) is 0. The Labute approximate surface area is 177 Å². The van der Waals surface area contributed by atoms with Crippen LogP contribution in [0.4, 0.5) is 0 Å². The van der Waals surface area contributed by atoms with Gasteiger partial charge in [-0.2, -0.15) is 0 Å².